The lowest BCUT2D eigenvalue weighted by atomic mass is 9.95. The second-order valence-electron chi connectivity index (χ2n) is 3.94. The zero-order valence-electron chi connectivity index (χ0n) is 8.47. The van der Waals surface area contributed by atoms with E-state index in [0.717, 1.165) is 0 Å². The van der Waals surface area contributed by atoms with Crippen LogP contribution >= 0.6 is 0 Å². The third kappa shape index (κ3) is 3.42. The fourth-order valence-corrected chi connectivity index (χ4v) is 0.350. The van der Waals surface area contributed by atoms with Crippen molar-refractivity contribution in [3.05, 3.63) is 12.3 Å². The molecule has 1 amide bonds. The summed E-state index contributed by atoms with van der Waals surface area (Å²) in [5, 5.41) is 0. The lowest BCUT2D eigenvalue weighted by molar-refractivity contribution is 0.127. The fourth-order valence-electron chi connectivity index (χ4n) is 0.350. The van der Waals surface area contributed by atoms with Crippen LogP contribution in [-0.4, -0.2) is 25.1 Å². The van der Waals surface area contributed by atoms with E-state index in [1.807, 2.05) is 20.8 Å². The van der Waals surface area contributed by atoms with Gasteiger partial charge in [-0.1, -0.05) is 27.4 Å². The number of rotatable bonds is 1. The van der Waals surface area contributed by atoms with E-state index >= 15 is 0 Å². The van der Waals surface area contributed by atoms with Crippen molar-refractivity contribution >= 4 is 6.09 Å². The van der Waals surface area contributed by atoms with Crippen LogP contribution in [0.4, 0.5) is 4.79 Å². The number of hydrogen-bond acceptors (Lipinski definition) is 2. The lowest BCUT2D eigenvalue weighted by Crippen LogP contribution is -2.25. The molecule has 0 saturated heterocycles. The third-order valence-electron chi connectivity index (χ3n) is 1.41. The van der Waals surface area contributed by atoms with E-state index < -0.39 is 0 Å². The van der Waals surface area contributed by atoms with Gasteiger partial charge in [-0.2, -0.15) is 0 Å². The normalized spacial score (nSPS) is 10.8. The van der Waals surface area contributed by atoms with Crippen LogP contribution in [0.2, 0.25) is 0 Å². The second kappa shape index (κ2) is 3.61. The monoisotopic (exact) mass is 171 g/mol. The highest BCUT2D eigenvalue weighted by molar-refractivity contribution is 5.68. The number of amides is 1. The minimum atomic E-state index is -0.380. The maximum atomic E-state index is 11.0. The lowest BCUT2D eigenvalue weighted by Gasteiger charge is -2.22. The van der Waals surface area contributed by atoms with Crippen LogP contribution in [0, 0.1) is 5.41 Å². The molecule has 0 aromatic heterocycles. The molecule has 0 bridgehead atoms. The quantitative estimate of drug-likeness (QED) is 0.566. The van der Waals surface area contributed by atoms with Crippen molar-refractivity contribution in [2.45, 2.75) is 20.8 Å². The molecule has 0 fully saturated rings. The molecule has 0 heterocycles. The molecule has 70 valence electrons. The summed E-state index contributed by atoms with van der Waals surface area (Å²) in [6.45, 7) is 9.51. The molecule has 0 aromatic rings. The van der Waals surface area contributed by atoms with E-state index in [1.165, 1.54) is 4.90 Å². The first kappa shape index (κ1) is 11.0. The standard InChI is InChI=1S/C9H17NO2/c1-7(9(2,3)4)12-8(11)10(5)6/h1H2,2-6H3. The summed E-state index contributed by atoms with van der Waals surface area (Å²) in [6, 6.07) is 0. The molecule has 0 aliphatic rings. The molecule has 0 aromatic carbocycles. The Kier molecular flexibility index (Phi) is 3.31. The molecule has 3 nitrogen and oxygen atoms in total. The number of nitrogens with zero attached hydrogens (tertiary/aromatic N) is 1. The Balaban J connectivity index is 4.12. The summed E-state index contributed by atoms with van der Waals surface area (Å²) < 4.78 is 4.97. The van der Waals surface area contributed by atoms with Crippen LogP contribution in [0.5, 0.6) is 0 Å². The van der Waals surface area contributed by atoms with Gasteiger partial charge >= 0.3 is 6.09 Å². The van der Waals surface area contributed by atoms with Crippen molar-refractivity contribution < 1.29 is 9.53 Å². The molecule has 0 N–H and O–H groups in total. The molecule has 0 spiro atoms. The maximum absolute atomic E-state index is 11.0. The number of carbonyl (C=O) groups excluding carboxylic acids is 1. The van der Waals surface area contributed by atoms with Crippen LogP contribution in [0.3, 0.4) is 0 Å². The Hall–Kier alpha value is -0.990. The maximum Gasteiger partial charge on any atom is 0.414 e. The molecule has 12 heavy (non-hydrogen) atoms. The highest BCUT2D eigenvalue weighted by atomic mass is 16.6. The molecule has 0 unspecified atom stereocenters. The molecule has 0 atom stereocenters. The second-order valence-corrected chi connectivity index (χ2v) is 3.94. The van der Waals surface area contributed by atoms with Gasteiger partial charge in [0.15, 0.2) is 0 Å². The van der Waals surface area contributed by atoms with E-state index in [1.54, 1.807) is 14.1 Å². The van der Waals surface area contributed by atoms with Crippen LogP contribution in [-0.2, 0) is 4.74 Å². The van der Waals surface area contributed by atoms with Gasteiger partial charge in [-0.3, -0.25) is 0 Å². The average Bonchev–Trinajstić information content (AvgIpc) is 1.85. The van der Waals surface area contributed by atoms with Gasteiger partial charge in [0.2, 0.25) is 0 Å². The van der Waals surface area contributed by atoms with Crippen LogP contribution in [0.25, 0.3) is 0 Å². The van der Waals surface area contributed by atoms with Crippen molar-refractivity contribution in [1.82, 2.24) is 4.90 Å². The van der Waals surface area contributed by atoms with E-state index in [9.17, 15) is 4.79 Å². The first-order valence-corrected chi connectivity index (χ1v) is 3.83. The summed E-state index contributed by atoms with van der Waals surface area (Å²) in [5.74, 6) is 0.487. The molecular weight excluding hydrogens is 154 g/mol. The Morgan fingerprint density at radius 3 is 2.00 bits per heavy atom. The summed E-state index contributed by atoms with van der Waals surface area (Å²) >= 11 is 0. The van der Waals surface area contributed by atoms with Crippen molar-refractivity contribution in [2.24, 2.45) is 5.41 Å². The SMILES string of the molecule is C=C(OC(=O)N(C)C)C(C)(C)C. The van der Waals surface area contributed by atoms with E-state index in [4.69, 9.17) is 4.74 Å². The van der Waals surface area contributed by atoms with Gasteiger partial charge in [0.25, 0.3) is 0 Å². The highest BCUT2D eigenvalue weighted by Gasteiger charge is 2.19. The Bertz CT molecular complexity index is 189. The largest absolute Gasteiger partial charge is 0.415 e. The molecule has 0 radical (unpaired) electrons. The molecule has 0 saturated carbocycles. The molecule has 3 heteroatoms. The third-order valence-corrected chi connectivity index (χ3v) is 1.41. The van der Waals surface area contributed by atoms with Gasteiger partial charge < -0.3 is 9.64 Å². The minimum absolute atomic E-state index is 0.189. The van der Waals surface area contributed by atoms with Crippen LogP contribution < -0.4 is 0 Å². The summed E-state index contributed by atoms with van der Waals surface area (Å²) in [7, 11) is 3.27. The number of ether oxygens (including phenoxy) is 1. The van der Waals surface area contributed by atoms with Crippen molar-refractivity contribution in [1.29, 1.82) is 0 Å². The van der Waals surface area contributed by atoms with Gasteiger partial charge in [0.1, 0.15) is 5.76 Å². The van der Waals surface area contributed by atoms with E-state index in [0.29, 0.717) is 5.76 Å². The smallest absolute Gasteiger partial charge is 0.414 e. The zero-order chi connectivity index (χ0) is 9.94. The minimum Gasteiger partial charge on any atom is -0.415 e. The first-order chi connectivity index (χ1) is 5.25. The number of allylic oxidation sites excluding steroid dienone is 1. The van der Waals surface area contributed by atoms with Gasteiger partial charge in [-0.15, -0.1) is 0 Å². The Morgan fingerprint density at radius 2 is 1.75 bits per heavy atom. The van der Waals surface area contributed by atoms with Gasteiger partial charge in [0, 0.05) is 19.5 Å². The highest BCUT2D eigenvalue weighted by Crippen LogP contribution is 2.24. The fraction of sp³-hybridized carbons (Fsp3) is 0.667. The zero-order valence-corrected chi connectivity index (χ0v) is 8.47. The predicted octanol–water partition coefficient (Wildman–Crippen LogP) is 2.24. The van der Waals surface area contributed by atoms with Gasteiger partial charge in [-0.05, 0) is 0 Å². The average molecular weight is 171 g/mol. The van der Waals surface area contributed by atoms with Crippen molar-refractivity contribution in [3.63, 3.8) is 0 Å². The topological polar surface area (TPSA) is 29.5 Å². The Labute approximate surface area is 74.0 Å². The molecule has 0 aliphatic carbocycles. The van der Waals surface area contributed by atoms with Crippen molar-refractivity contribution in [2.75, 3.05) is 14.1 Å². The van der Waals surface area contributed by atoms with Gasteiger partial charge in [-0.25, -0.2) is 4.79 Å². The molecule has 0 rings (SSSR count). The summed E-state index contributed by atoms with van der Waals surface area (Å²) in [6.07, 6.45) is -0.380. The summed E-state index contributed by atoms with van der Waals surface area (Å²) in [5.41, 5.74) is -0.189. The predicted molar refractivity (Wildman–Crippen MR) is 48.8 cm³/mol. The Morgan fingerprint density at radius 1 is 1.33 bits per heavy atom. The number of carbonyl (C=O) groups is 1. The van der Waals surface area contributed by atoms with Crippen LogP contribution in [0.1, 0.15) is 20.8 Å². The van der Waals surface area contributed by atoms with E-state index in [-0.39, 0.29) is 11.5 Å². The number of hydrogen-bond donors (Lipinski definition) is 0. The van der Waals surface area contributed by atoms with Crippen LogP contribution in [0.15, 0.2) is 12.3 Å². The van der Waals surface area contributed by atoms with Crippen molar-refractivity contribution in [3.8, 4) is 0 Å². The first-order valence-electron chi connectivity index (χ1n) is 3.83. The van der Waals surface area contributed by atoms with E-state index in [2.05, 4.69) is 6.58 Å². The van der Waals surface area contributed by atoms with Gasteiger partial charge in [0.05, 0.1) is 0 Å². The molecular formula is C9H17NO2. The molecule has 0 aliphatic heterocycles. The summed E-state index contributed by atoms with van der Waals surface area (Å²) in [4.78, 5) is 12.4.